The monoisotopic (exact) mass is 475 g/mol. The van der Waals surface area contributed by atoms with Crippen molar-refractivity contribution >= 4 is 34.4 Å². The quantitative estimate of drug-likeness (QED) is 0.255. The molecule has 6 heteroatoms. The van der Waals surface area contributed by atoms with E-state index in [1.54, 1.807) is 17.8 Å². The van der Waals surface area contributed by atoms with E-state index in [-0.39, 0.29) is 5.97 Å². The zero-order valence-electron chi connectivity index (χ0n) is 19.7. The summed E-state index contributed by atoms with van der Waals surface area (Å²) in [5.74, 6) is 0.509. The Kier molecular flexibility index (Phi) is 7.60. The number of allylic oxidation sites excluding steroid dienone is 4. The number of thioether (sulfide) groups is 1. The number of carbonyl (C=O) groups is 1. The van der Waals surface area contributed by atoms with Crippen LogP contribution in [0.25, 0.3) is 11.0 Å². The number of nitrogens with zero attached hydrogens (tertiary/aromatic N) is 1. The van der Waals surface area contributed by atoms with Gasteiger partial charge in [0.05, 0.1) is 19.3 Å². The Morgan fingerprint density at radius 1 is 1.24 bits per heavy atom. The van der Waals surface area contributed by atoms with Crippen LogP contribution in [-0.2, 0) is 27.2 Å². The van der Waals surface area contributed by atoms with Crippen LogP contribution in [0.2, 0.25) is 0 Å². The predicted octanol–water partition coefficient (Wildman–Crippen LogP) is 6.64. The third-order valence-corrected chi connectivity index (χ3v) is 6.94. The van der Waals surface area contributed by atoms with Crippen molar-refractivity contribution < 1.29 is 18.7 Å². The molecule has 176 valence electrons. The largest absolute Gasteiger partial charge is 0.467 e. The van der Waals surface area contributed by atoms with Crippen molar-refractivity contribution in [2.45, 2.75) is 37.8 Å². The van der Waals surface area contributed by atoms with Gasteiger partial charge in [0.2, 0.25) is 0 Å². The first kappa shape index (κ1) is 23.9. The first-order valence-electron chi connectivity index (χ1n) is 11.3. The van der Waals surface area contributed by atoms with Crippen LogP contribution < -0.4 is 4.90 Å². The summed E-state index contributed by atoms with van der Waals surface area (Å²) in [6.45, 7) is 8.86. The fourth-order valence-corrected chi connectivity index (χ4v) is 5.12. The van der Waals surface area contributed by atoms with Crippen molar-refractivity contribution in [3.63, 3.8) is 0 Å². The number of esters is 1. The third kappa shape index (κ3) is 5.13. The van der Waals surface area contributed by atoms with Crippen LogP contribution in [0, 0.1) is 0 Å². The number of fused-ring (bicyclic) bond motifs is 2. The molecule has 0 fully saturated rings. The summed E-state index contributed by atoms with van der Waals surface area (Å²) < 4.78 is 16.7. The average Bonchev–Trinajstić information content (AvgIpc) is 3.25. The molecule has 0 amide bonds. The second kappa shape index (κ2) is 10.8. The molecule has 1 atom stereocenters. The van der Waals surface area contributed by atoms with Crippen LogP contribution in [0.4, 0.5) is 5.69 Å². The Morgan fingerprint density at radius 3 is 2.82 bits per heavy atom. The molecule has 1 unspecified atom stereocenters. The van der Waals surface area contributed by atoms with E-state index in [1.807, 2.05) is 25.1 Å². The van der Waals surface area contributed by atoms with Gasteiger partial charge in [0.15, 0.2) is 6.10 Å². The first-order chi connectivity index (χ1) is 16.5. The van der Waals surface area contributed by atoms with E-state index < -0.39 is 6.10 Å². The first-order valence-corrected chi connectivity index (χ1v) is 12.1. The molecule has 2 heterocycles. The van der Waals surface area contributed by atoms with Gasteiger partial charge in [-0.05, 0) is 55.8 Å². The van der Waals surface area contributed by atoms with Crippen LogP contribution in [0.1, 0.15) is 25.2 Å². The van der Waals surface area contributed by atoms with Gasteiger partial charge in [-0.25, -0.2) is 4.79 Å². The maximum Gasteiger partial charge on any atom is 0.335 e. The SMILES string of the molecule is C=C/C=C\C1=C(C)N(Cc2cc3cc(CC(OCC)C(=O)OC)ccc3o2)c2ccccc2S1. The Labute approximate surface area is 204 Å². The van der Waals surface area contributed by atoms with Crippen LogP contribution in [-0.4, -0.2) is 25.8 Å². The Hall–Kier alpha value is -3.22. The number of carbonyl (C=O) groups excluding carboxylic acids is 1. The van der Waals surface area contributed by atoms with E-state index in [0.29, 0.717) is 19.6 Å². The lowest BCUT2D eigenvalue weighted by molar-refractivity contribution is -0.153. The molecule has 5 nitrogen and oxygen atoms in total. The van der Waals surface area contributed by atoms with Gasteiger partial charge in [0.25, 0.3) is 0 Å². The molecule has 2 aromatic carbocycles. The number of rotatable bonds is 9. The summed E-state index contributed by atoms with van der Waals surface area (Å²) in [5.41, 5.74) is 4.15. The summed E-state index contributed by atoms with van der Waals surface area (Å²) in [7, 11) is 1.38. The molecule has 3 aromatic rings. The maximum absolute atomic E-state index is 12.0. The van der Waals surface area contributed by atoms with Gasteiger partial charge in [0, 0.05) is 33.9 Å². The molecule has 0 aliphatic carbocycles. The van der Waals surface area contributed by atoms with Crippen molar-refractivity contribution in [3.8, 4) is 0 Å². The predicted molar refractivity (Wildman–Crippen MR) is 138 cm³/mol. The van der Waals surface area contributed by atoms with E-state index in [9.17, 15) is 4.79 Å². The smallest absolute Gasteiger partial charge is 0.335 e. The summed E-state index contributed by atoms with van der Waals surface area (Å²) in [6.07, 6.45) is 5.69. The van der Waals surface area contributed by atoms with Crippen molar-refractivity contribution in [1.82, 2.24) is 0 Å². The average molecular weight is 476 g/mol. The fourth-order valence-electron chi connectivity index (χ4n) is 4.05. The minimum Gasteiger partial charge on any atom is -0.467 e. The summed E-state index contributed by atoms with van der Waals surface area (Å²) in [4.78, 5) is 16.7. The lowest BCUT2D eigenvalue weighted by atomic mass is 10.1. The molecule has 0 saturated carbocycles. The second-order valence-electron chi connectivity index (χ2n) is 7.96. The minimum atomic E-state index is -0.615. The van der Waals surface area contributed by atoms with E-state index in [1.165, 1.54) is 28.3 Å². The number of anilines is 1. The fraction of sp³-hybridized carbons (Fsp3) is 0.250. The van der Waals surface area contributed by atoms with Gasteiger partial charge in [-0.2, -0.15) is 0 Å². The summed E-state index contributed by atoms with van der Waals surface area (Å²) in [6, 6.07) is 16.5. The highest BCUT2D eigenvalue weighted by Gasteiger charge is 2.24. The number of hydrogen-bond acceptors (Lipinski definition) is 6. The van der Waals surface area contributed by atoms with Crippen LogP contribution in [0.3, 0.4) is 0 Å². The molecule has 0 spiro atoms. The summed E-state index contributed by atoms with van der Waals surface area (Å²) >= 11 is 1.76. The number of methoxy groups -OCH3 is 1. The van der Waals surface area contributed by atoms with Crippen molar-refractivity contribution in [3.05, 3.63) is 95.3 Å². The standard InChI is InChI=1S/C28H29NO4S/c1-5-7-11-26-19(3)29(23-10-8-9-12-27(23)34-26)18-22-17-21-15-20(13-14-24(21)33-22)16-25(32-6-2)28(30)31-4/h5,7-15,17,25H,1,6,16,18H2,2-4H3/b11-7-. The van der Waals surface area contributed by atoms with Crippen LogP contribution >= 0.6 is 11.8 Å². The lowest BCUT2D eigenvalue weighted by Crippen LogP contribution is -2.28. The molecule has 0 N–H and O–H groups in total. The molecule has 1 aromatic heterocycles. The van der Waals surface area contributed by atoms with Gasteiger partial charge in [-0.15, -0.1) is 0 Å². The molecular formula is C28H29NO4S. The maximum atomic E-state index is 12.0. The van der Waals surface area contributed by atoms with Gasteiger partial charge in [-0.1, -0.05) is 48.7 Å². The number of ether oxygens (including phenoxy) is 2. The van der Waals surface area contributed by atoms with Gasteiger partial charge in [-0.3, -0.25) is 0 Å². The summed E-state index contributed by atoms with van der Waals surface area (Å²) in [5, 5.41) is 1.00. The number of para-hydroxylation sites is 1. The number of furan rings is 1. The van der Waals surface area contributed by atoms with Crippen molar-refractivity contribution in [2.75, 3.05) is 18.6 Å². The molecular weight excluding hydrogens is 446 g/mol. The topological polar surface area (TPSA) is 51.9 Å². The van der Waals surface area contributed by atoms with Gasteiger partial charge < -0.3 is 18.8 Å². The number of benzene rings is 2. The molecule has 0 bridgehead atoms. The lowest BCUT2D eigenvalue weighted by Gasteiger charge is -2.32. The molecule has 4 rings (SSSR count). The minimum absolute atomic E-state index is 0.361. The highest BCUT2D eigenvalue weighted by atomic mass is 32.2. The zero-order chi connectivity index (χ0) is 24.1. The molecule has 1 aliphatic rings. The molecule has 0 radical (unpaired) electrons. The van der Waals surface area contributed by atoms with Gasteiger partial charge in [0.1, 0.15) is 11.3 Å². The Bertz CT molecular complexity index is 1260. The highest BCUT2D eigenvalue weighted by Crippen LogP contribution is 2.44. The highest BCUT2D eigenvalue weighted by molar-refractivity contribution is 8.03. The molecule has 1 aliphatic heterocycles. The van der Waals surface area contributed by atoms with E-state index >= 15 is 0 Å². The molecule has 0 saturated heterocycles. The van der Waals surface area contributed by atoms with E-state index in [4.69, 9.17) is 13.9 Å². The number of hydrogen-bond donors (Lipinski definition) is 0. The Balaban J connectivity index is 1.61. The van der Waals surface area contributed by atoms with Gasteiger partial charge >= 0.3 is 5.97 Å². The van der Waals surface area contributed by atoms with Crippen LogP contribution in [0.5, 0.6) is 0 Å². The zero-order valence-corrected chi connectivity index (χ0v) is 20.6. The van der Waals surface area contributed by atoms with E-state index in [2.05, 4.69) is 60.9 Å². The van der Waals surface area contributed by atoms with Crippen LogP contribution in [0.15, 0.2) is 93.3 Å². The third-order valence-electron chi connectivity index (χ3n) is 5.72. The molecule has 34 heavy (non-hydrogen) atoms. The normalized spacial score (nSPS) is 14.5. The van der Waals surface area contributed by atoms with E-state index in [0.717, 1.165) is 22.3 Å². The van der Waals surface area contributed by atoms with Crippen molar-refractivity contribution in [2.24, 2.45) is 0 Å². The Morgan fingerprint density at radius 2 is 2.06 bits per heavy atom. The second-order valence-corrected chi connectivity index (χ2v) is 9.04. The van der Waals surface area contributed by atoms with Crippen molar-refractivity contribution in [1.29, 1.82) is 0 Å².